The number of aromatic nitrogens is 3. The third-order valence-electron chi connectivity index (χ3n) is 4.51. The standard InChI is InChI=1S/C19H22ClN5O2/c1-5-21-16-8-13(20)7-14(11(16)3)18(26)22-9-15-12(4)25-17(23-19(15)27)6-10(2)24-25/h6-8,21H,5,9H2,1-4H3,(H,22,26)(H,23,27). The lowest BCUT2D eigenvalue weighted by Gasteiger charge is -2.14. The van der Waals surface area contributed by atoms with Crippen molar-refractivity contribution in [3.63, 3.8) is 0 Å². The largest absolute Gasteiger partial charge is 0.385 e. The van der Waals surface area contributed by atoms with Gasteiger partial charge in [-0.15, -0.1) is 0 Å². The third-order valence-corrected chi connectivity index (χ3v) is 4.73. The van der Waals surface area contributed by atoms with Crippen LogP contribution in [0.3, 0.4) is 0 Å². The zero-order chi connectivity index (χ0) is 19.7. The fourth-order valence-corrected chi connectivity index (χ4v) is 3.31. The minimum Gasteiger partial charge on any atom is -0.385 e. The van der Waals surface area contributed by atoms with Crippen molar-refractivity contribution in [3.8, 4) is 0 Å². The third kappa shape index (κ3) is 3.68. The first-order chi connectivity index (χ1) is 12.8. The highest BCUT2D eigenvalue weighted by Crippen LogP contribution is 2.25. The van der Waals surface area contributed by atoms with Crippen molar-refractivity contribution < 1.29 is 4.79 Å². The first kappa shape index (κ1) is 19.0. The molecule has 7 nitrogen and oxygen atoms in total. The normalized spacial score (nSPS) is 11.0. The molecule has 0 aliphatic heterocycles. The van der Waals surface area contributed by atoms with E-state index < -0.39 is 0 Å². The van der Waals surface area contributed by atoms with Gasteiger partial charge in [0.15, 0.2) is 0 Å². The Morgan fingerprint density at radius 3 is 2.70 bits per heavy atom. The van der Waals surface area contributed by atoms with Gasteiger partial charge in [0.1, 0.15) is 5.65 Å². The molecule has 2 heterocycles. The minimum atomic E-state index is -0.287. The molecule has 3 aromatic rings. The van der Waals surface area contributed by atoms with Crippen LogP contribution < -0.4 is 16.2 Å². The van der Waals surface area contributed by atoms with Crippen molar-refractivity contribution in [3.05, 3.63) is 61.7 Å². The van der Waals surface area contributed by atoms with Gasteiger partial charge < -0.3 is 15.6 Å². The van der Waals surface area contributed by atoms with Gasteiger partial charge in [0.05, 0.1) is 23.5 Å². The molecule has 0 bridgehead atoms. The summed E-state index contributed by atoms with van der Waals surface area (Å²) in [5.74, 6) is -0.287. The van der Waals surface area contributed by atoms with Crippen molar-refractivity contribution >= 4 is 28.8 Å². The second-order valence-corrected chi connectivity index (χ2v) is 6.88. The lowest BCUT2D eigenvalue weighted by Crippen LogP contribution is -2.29. The van der Waals surface area contributed by atoms with Crippen LogP contribution in [0, 0.1) is 20.8 Å². The minimum absolute atomic E-state index is 0.0946. The van der Waals surface area contributed by atoms with Crippen LogP contribution in [0.4, 0.5) is 5.69 Å². The summed E-state index contributed by atoms with van der Waals surface area (Å²) in [4.78, 5) is 27.9. The van der Waals surface area contributed by atoms with E-state index in [2.05, 4.69) is 20.7 Å². The Balaban J connectivity index is 1.88. The monoisotopic (exact) mass is 387 g/mol. The molecule has 0 unspecified atom stereocenters. The van der Waals surface area contributed by atoms with Gasteiger partial charge >= 0.3 is 0 Å². The lowest BCUT2D eigenvalue weighted by molar-refractivity contribution is 0.0950. The zero-order valence-electron chi connectivity index (χ0n) is 15.7. The molecule has 0 radical (unpaired) electrons. The number of fused-ring (bicyclic) bond motifs is 1. The summed E-state index contributed by atoms with van der Waals surface area (Å²) in [5, 5.41) is 10.9. The molecular weight excluding hydrogens is 366 g/mol. The Morgan fingerprint density at radius 2 is 2.00 bits per heavy atom. The van der Waals surface area contributed by atoms with Gasteiger partial charge in [0.25, 0.3) is 11.5 Å². The van der Waals surface area contributed by atoms with Crippen LogP contribution in [0.5, 0.6) is 0 Å². The van der Waals surface area contributed by atoms with Crippen molar-refractivity contribution in [2.45, 2.75) is 34.2 Å². The number of benzene rings is 1. The average molecular weight is 388 g/mol. The van der Waals surface area contributed by atoms with Gasteiger partial charge in [0, 0.05) is 28.9 Å². The number of carbonyl (C=O) groups is 1. The van der Waals surface area contributed by atoms with Gasteiger partial charge in [-0.3, -0.25) is 9.59 Å². The summed E-state index contributed by atoms with van der Waals surface area (Å²) >= 11 is 6.15. The second kappa shape index (κ2) is 7.44. The molecule has 27 heavy (non-hydrogen) atoms. The van der Waals surface area contributed by atoms with Gasteiger partial charge in [-0.2, -0.15) is 5.10 Å². The second-order valence-electron chi connectivity index (χ2n) is 6.44. The van der Waals surface area contributed by atoms with E-state index in [-0.39, 0.29) is 18.0 Å². The Kier molecular flexibility index (Phi) is 5.23. The number of nitrogens with one attached hydrogen (secondary N) is 3. The predicted octanol–water partition coefficient (Wildman–Crippen LogP) is 2.96. The molecule has 2 aromatic heterocycles. The fourth-order valence-electron chi connectivity index (χ4n) is 3.09. The summed E-state index contributed by atoms with van der Waals surface area (Å²) in [6, 6.07) is 5.22. The predicted molar refractivity (Wildman–Crippen MR) is 107 cm³/mol. The Hall–Kier alpha value is -2.80. The van der Waals surface area contributed by atoms with E-state index in [9.17, 15) is 9.59 Å². The van der Waals surface area contributed by atoms with Crippen LogP contribution in [-0.4, -0.2) is 27.0 Å². The molecule has 3 N–H and O–H groups in total. The Morgan fingerprint density at radius 1 is 1.26 bits per heavy atom. The van der Waals surface area contributed by atoms with E-state index in [4.69, 9.17) is 11.6 Å². The van der Waals surface area contributed by atoms with Crippen LogP contribution in [0.25, 0.3) is 5.65 Å². The number of amides is 1. The number of hydrogen-bond acceptors (Lipinski definition) is 4. The number of halogens is 1. The van der Waals surface area contributed by atoms with Crippen molar-refractivity contribution in [2.24, 2.45) is 0 Å². The molecule has 1 aromatic carbocycles. The summed E-state index contributed by atoms with van der Waals surface area (Å²) < 4.78 is 1.67. The highest BCUT2D eigenvalue weighted by atomic mass is 35.5. The summed E-state index contributed by atoms with van der Waals surface area (Å²) in [6.07, 6.45) is 0. The van der Waals surface area contributed by atoms with Crippen LogP contribution in [0.15, 0.2) is 23.0 Å². The van der Waals surface area contributed by atoms with E-state index >= 15 is 0 Å². The van der Waals surface area contributed by atoms with Crippen molar-refractivity contribution in [1.82, 2.24) is 19.9 Å². The number of H-pyrrole nitrogens is 1. The van der Waals surface area contributed by atoms with Gasteiger partial charge in [-0.05, 0) is 45.4 Å². The number of carbonyl (C=O) groups excluding carboxylic acids is 1. The maximum atomic E-state index is 12.7. The smallest absolute Gasteiger partial charge is 0.256 e. The summed E-state index contributed by atoms with van der Waals surface area (Å²) in [5.41, 5.74) is 4.45. The number of aromatic amines is 1. The van der Waals surface area contributed by atoms with Crippen LogP contribution >= 0.6 is 11.6 Å². The molecule has 0 aliphatic rings. The van der Waals surface area contributed by atoms with Crippen LogP contribution in [-0.2, 0) is 6.54 Å². The number of hydrogen-bond donors (Lipinski definition) is 3. The molecule has 0 saturated carbocycles. The maximum Gasteiger partial charge on any atom is 0.256 e. The molecule has 0 saturated heterocycles. The topological polar surface area (TPSA) is 91.3 Å². The number of anilines is 1. The molecule has 0 fully saturated rings. The highest BCUT2D eigenvalue weighted by molar-refractivity contribution is 6.31. The lowest BCUT2D eigenvalue weighted by atomic mass is 10.1. The average Bonchev–Trinajstić information content (AvgIpc) is 2.98. The molecule has 1 amide bonds. The molecule has 3 rings (SSSR count). The molecule has 0 atom stereocenters. The first-order valence-electron chi connectivity index (χ1n) is 8.72. The number of aryl methyl sites for hydroxylation is 2. The van der Waals surface area contributed by atoms with Crippen LogP contribution in [0.2, 0.25) is 5.02 Å². The van der Waals surface area contributed by atoms with E-state index in [1.807, 2.05) is 27.7 Å². The van der Waals surface area contributed by atoms with E-state index in [1.165, 1.54) is 0 Å². The SMILES string of the molecule is CCNc1cc(Cl)cc(C(=O)NCc2c(C)n3nc(C)cc3[nH]c2=O)c1C. The molecule has 0 spiro atoms. The Bertz CT molecular complexity index is 1080. The Labute approximate surface area is 161 Å². The molecule has 8 heteroatoms. The summed E-state index contributed by atoms with van der Waals surface area (Å²) in [7, 11) is 0. The quantitative estimate of drug-likeness (QED) is 0.627. The van der Waals surface area contributed by atoms with Gasteiger partial charge in [-0.1, -0.05) is 11.6 Å². The number of rotatable bonds is 5. The maximum absolute atomic E-state index is 12.7. The fraction of sp³-hybridized carbons (Fsp3) is 0.316. The van der Waals surface area contributed by atoms with Crippen LogP contribution in [0.1, 0.15) is 39.8 Å². The zero-order valence-corrected chi connectivity index (χ0v) is 16.5. The molecule has 0 aliphatic carbocycles. The van der Waals surface area contributed by atoms with E-state index in [1.54, 1.807) is 22.7 Å². The van der Waals surface area contributed by atoms with Crippen molar-refractivity contribution in [1.29, 1.82) is 0 Å². The summed E-state index contributed by atoms with van der Waals surface area (Å²) in [6.45, 7) is 8.32. The van der Waals surface area contributed by atoms with Gasteiger partial charge in [-0.25, -0.2) is 4.52 Å². The van der Waals surface area contributed by atoms with E-state index in [0.717, 1.165) is 23.5 Å². The van der Waals surface area contributed by atoms with E-state index in [0.29, 0.717) is 27.5 Å². The number of nitrogens with zero attached hydrogens (tertiary/aromatic N) is 2. The van der Waals surface area contributed by atoms with Gasteiger partial charge in [0.2, 0.25) is 0 Å². The van der Waals surface area contributed by atoms with Crippen molar-refractivity contribution in [2.75, 3.05) is 11.9 Å². The first-order valence-corrected chi connectivity index (χ1v) is 9.10. The molecule has 142 valence electrons. The highest BCUT2D eigenvalue weighted by Gasteiger charge is 2.16. The molecular formula is C19H22ClN5O2.